The van der Waals surface area contributed by atoms with Gasteiger partial charge >= 0.3 is 0 Å². The summed E-state index contributed by atoms with van der Waals surface area (Å²) in [4.78, 5) is 14.3. The van der Waals surface area contributed by atoms with Crippen LogP contribution >= 0.6 is 11.6 Å². The van der Waals surface area contributed by atoms with Crippen molar-refractivity contribution < 1.29 is 23.1 Å². The molecular formula is C21H21ClN2O5S. The summed E-state index contributed by atoms with van der Waals surface area (Å²) in [5.74, 6) is -0.193. The second-order valence-electron chi connectivity index (χ2n) is 7.28. The second-order valence-corrected chi connectivity index (χ2v) is 9.63. The first kappa shape index (κ1) is 20.9. The van der Waals surface area contributed by atoms with Gasteiger partial charge in [0, 0.05) is 37.3 Å². The third-order valence-electron chi connectivity index (χ3n) is 5.40. The SMILES string of the molecule is COc1cc(Cl)ccc1S(=O)(=O)N1CC2=C(CN(C(=O)[C@H](O)c3ccccc3)C2)C1. The molecule has 158 valence electrons. The number of benzene rings is 2. The molecule has 0 saturated heterocycles. The van der Waals surface area contributed by atoms with Crippen molar-refractivity contribution in [1.29, 1.82) is 0 Å². The standard InChI is InChI=1S/C21H21ClN2O5S/c1-29-18-9-17(22)7-8-19(18)30(27,28)24-12-15-10-23(11-16(15)13-24)21(26)20(25)14-5-3-2-4-6-14/h2-9,20,25H,10-13H2,1H3/t20-/m1/s1. The highest BCUT2D eigenvalue weighted by Crippen LogP contribution is 2.35. The summed E-state index contributed by atoms with van der Waals surface area (Å²) < 4.78 is 32.8. The fraction of sp³-hybridized carbons (Fsp3) is 0.286. The lowest BCUT2D eigenvalue weighted by Gasteiger charge is -2.25. The van der Waals surface area contributed by atoms with Gasteiger partial charge in [-0.05, 0) is 28.8 Å². The molecule has 7 nitrogen and oxygen atoms in total. The maximum absolute atomic E-state index is 13.1. The number of carbonyl (C=O) groups excluding carboxylic acids is 1. The average Bonchev–Trinajstić information content (AvgIpc) is 3.33. The fourth-order valence-electron chi connectivity index (χ4n) is 3.82. The van der Waals surface area contributed by atoms with Gasteiger partial charge < -0.3 is 14.7 Å². The highest BCUT2D eigenvalue weighted by molar-refractivity contribution is 7.89. The number of rotatable bonds is 5. The lowest BCUT2D eigenvalue weighted by molar-refractivity contribution is -0.139. The van der Waals surface area contributed by atoms with Crippen LogP contribution in [0.4, 0.5) is 0 Å². The van der Waals surface area contributed by atoms with Crippen LogP contribution in [0.15, 0.2) is 64.6 Å². The number of halogens is 1. The van der Waals surface area contributed by atoms with Crippen molar-refractivity contribution in [2.75, 3.05) is 33.3 Å². The summed E-state index contributed by atoms with van der Waals surface area (Å²) >= 11 is 5.94. The van der Waals surface area contributed by atoms with E-state index in [1.807, 2.05) is 6.07 Å². The number of aliphatic hydroxyl groups excluding tert-OH is 1. The normalized spacial score (nSPS) is 17.9. The molecule has 2 aromatic carbocycles. The Morgan fingerprint density at radius 2 is 1.70 bits per heavy atom. The zero-order valence-electron chi connectivity index (χ0n) is 16.3. The van der Waals surface area contributed by atoms with Crippen LogP contribution < -0.4 is 4.74 Å². The Hall–Kier alpha value is -2.39. The van der Waals surface area contributed by atoms with E-state index in [2.05, 4.69) is 0 Å². The maximum atomic E-state index is 13.1. The Morgan fingerprint density at radius 3 is 2.30 bits per heavy atom. The Labute approximate surface area is 180 Å². The number of amides is 1. The van der Waals surface area contributed by atoms with E-state index in [9.17, 15) is 18.3 Å². The van der Waals surface area contributed by atoms with Gasteiger partial charge in [0.2, 0.25) is 10.0 Å². The average molecular weight is 449 g/mol. The van der Waals surface area contributed by atoms with E-state index in [0.29, 0.717) is 23.7 Å². The Morgan fingerprint density at radius 1 is 1.07 bits per heavy atom. The third-order valence-corrected chi connectivity index (χ3v) is 7.47. The van der Waals surface area contributed by atoms with Gasteiger partial charge in [-0.3, -0.25) is 4.79 Å². The van der Waals surface area contributed by atoms with Gasteiger partial charge in [-0.1, -0.05) is 41.9 Å². The number of sulfonamides is 1. The number of hydrogen-bond donors (Lipinski definition) is 1. The molecule has 4 rings (SSSR count). The molecule has 2 heterocycles. The van der Waals surface area contributed by atoms with Crippen molar-refractivity contribution in [3.63, 3.8) is 0 Å². The number of nitrogens with zero attached hydrogens (tertiary/aromatic N) is 2. The van der Waals surface area contributed by atoms with Gasteiger partial charge in [0.05, 0.1) is 7.11 Å². The maximum Gasteiger partial charge on any atom is 0.256 e. The van der Waals surface area contributed by atoms with Crippen LogP contribution in [-0.4, -0.2) is 61.9 Å². The number of hydrogen-bond acceptors (Lipinski definition) is 5. The van der Waals surface area contributed by atoms with Crippen molar-refractivity contribution >= 4 is 27.5 Å². The lowest BCUT2D eigenvalue weighted by Crippen LogP contribution is -2.38. The Balaban J connectivity index is 1.46. The van der Waals surface area contributed by atoms with E-state index in [0.717, 1.165) is 11.1 Å². The first-order valence-corrected chi connectivity index (χ1v) is 11.2. The number of ether oxygens (including phenoxy) is 1. The molecule has 9 heteroatoms. The van der Waals surface area contributed by atoms with E-state index < -0.39 is 16.1 Å². The van der Waals surface area contributed by atoms with Crippen molar-refractivity contribution in [2.45, 2.75) is 11.0 Å². The van der Waals surface area contributed by atoms with E-state index >= 15 is 0 Å². The van der Waals surface area contributed by atoms with Crippen LogP contribution in [0.3, 0.4) is 0 Å². The molecule has 2 aliphatic heterocycles. The van der Waals surface area contributed by atoms with Crippen LogP contribution in [0.1, 0.15) is 11.7 Å². The fourth-order valence-corrected chi connectivity index (χ4v) is 5.54. The summed E-state index contributed by atoms with van der Waals surface area (Å²) in [5.41, 5.74) is 2.31. The van der Waals surface area contributed by atoms with Crippen LogP contribution in [-0.2, 0) is 14.8 Å². The highest BCUT2D eigenvalue weighted by atomic mass is 35.5. The molecule has 0 aromatic heterocycles. The molecule has 0 spiro atoms. The van der Waals surface area contributed by atoms with E-state index in [4.69, 9.17) is 16.3 Å². The van der Waals surface area contributed by atoms with Crippen LogP contribution in [0, 0.1) is 0 Å². The summed E-state index contributed by atoms with van der Waals surface area (Å²) in [7, 11) is -2.38. The third kappa shape index (κ3) is 3.72. The lowest BCUT2D eigenvalue weighted by atomic mass is 10.1. The molecule has 0 bridgehead atoms. The largest absolute Gasteiger partial charge is 0.495 e. The van der Waals surface area contributed by atoms with Gasteiger partial charge in [0.25, 0.3) is 5.91 Å². The molecule has 1 N–H and O–H groups in total. The van der Waals surface area contributed by atoms with Crippen molar-refractivity contribution in [3.8, 4) is 5.75 Å². The first-order chi connectivity index (χ1) is 14.3. The van der Waals surface area contributed by atoms with Crippen LogP contribution in [0.25, 0.3) is 0 Å². The van der Waals surface area contributed by atoms with Crippen LogP contribution in [0.2, 0.25) is 5.02 Å². The topological polar surface area (TPSA) is 87.2 Å². The minimum absolute atomic E-state index is 0.0583. The molecule has 2 aromatic rings. The predicted molar refractivity (Wildman–Crippen MR) is 112 cm³/mol. The Kier molecular flexibility index (Phi) is 5.59. The summed E-state index contributed by atoms with van der Waals surface area (Å²) in [6, 6.07) is 13.2. The monoisotopic (exact) mass is 448 g/mol. The molecule has 1 atom stereocenters. The van der Waals surface area contributed by atoms with E-state index in [1.165, 1.54) is 29.6 Å². The molecule has 0 radical (unpaired) electrons. The van der Waals surface area contributed by atoms with Crippen LogP contribution in [0.5, 0.6) is 5.75 Å². The van der Waals surface area contributed by atoms with E-state index in [1.54, 1.807) is 29.2 Å². The summed E-state index contributed by atoms with van der Waals surface area (Å²) in [5, 5.41) is 10.8. The van der Waals surface area contributed by atoms with E-state index in [-0.39, 0.29) is 29.6 Å². The summed E-state index contributed by atoms with van der Waals surface area (Å²) in [6.45, 7) is 1.02. The van der Waals surface area contributed by atoms with Gasteiger partial charge in [0.1, 0.15) is 10.6 Å². The van der Waals surface area contributed by atoms with Crippen molar-refractivity contribution in [1.82, 2.24) is 9.21 Å². The van der Waals surface area contributed by atoms with Gasteiger partial charge in [-0.15, -0.1) is 0 Å². The Bertz CT molecular complexity index is 1100. The second kappa shape index (κ2) is 8.03. The first-order valence-electron chi connectivity index (χ1n) is 9.36. The quantitative estimate of drug-likeness (QED) is 0.709. The molecule has 0 unspecified atom stereocenters. The molecular weight excluding hydrogens is 428 g/mol. The number of aliphatic hydroxyl groups is 1. The molecule has 1 amide bonds. The molecule has 0 aliphatic carbocycles. The smallest absolute Gasteiger partial charge is 0.256 e. The van der Waals surface area contributed by atoms with Crippen molar-refractivity contribution in [3.05, 3.63) is 70.3 Å². The summed E-state index contributed by atoms with van der Waals surface area (Å²) in [6.07, 6.45) is -1.23. The zero-order chi connectivity index (χ0) is 21.5. The molecule has 0 fully saturated rings. The van der Waals surface area contributed by atoms with Gasteiger partial charge in [-0.25, -0.2) is 8.42 Å². The minimum atomic E-state index is -3.78. The predicted octanol–water partition coefficient (Wildman–Crippen LogP) is 2.23. The minimum Gasteiger partial charge on any atom is -0.495 e. The van der Waals surface area contributed by atoms with Gasteiger partial charge in [0.15, 0.2) is 6.10 Å². The molecule has 30 heavy (non-hydrogen) atoms. The van der Waals surface area contributed by atoms with Crippen molar-refractivity contribution in [2.24, 2.45) is 0 Å². The highest BCUT2D eigenvalue weighted by Gasteiger charge is 2.39. The number of carbonyl (C=O) groups is 1. The van der Waals surface area contributed by atoms with Gasteiger partial charge in [-0.2, -0.15) is 4.31 Å². The zero-order valence-corrected chi connectivity index (χ0v) is 17.9. The molecule has 0 saturated carbocycles. The number of methoxy groups -OCH3 is 1. The molecule has 2 aliphatic rings.